The van der Waals surface area contributed by atoms with Crippen molar-refractivity contribution in [3.05, 3.63) is 23.5 Å². The number of hydrogen-bond donors (Lipinski definition) is 4. The van der Waals surface area contributed by atoms with Gasteiger partial charge in [0.25, 0.3) is 0 Å². The second-order valence-electron chi connectivity index (χ2n) is 7.99. The van der Waals surface area contributed by atoms with Crippen LogP contribution in [-0.2, 0) is 33.3 Å². The molecule has 2 saturated heterocycles. The molecule has 3 aliphatic heterocycles. The van der Waals surface area contributed by atoms with E-state index in [4.69, 9.17) is 23.7 Å². The van der Waals surface area contributed by atoms with Crippen molar-refractivity contribution in [3.63, 3.8) is 0 Å². The highest BCUT2D eigenvalue weighted by molar-refractivity contribution is 5.93. The molecule has 0 aromatic heterocycles. The van der Waals surface area contributed by atoms with Gasteiger partial charge in [0, 0.05) is 6.92 Å². The number of hydrogen-bond acceptors (Lipinski definition) is 11. The van der Waals surface area contributed by atoms with Crippen LogP contribution in [-0.4, -0.2) is 88.2 Å². The van der Waals surface area contributed by atoms with Gasteiger partial charge in [0.1, 0.15) is 36.6 Å². The molecule has 11 nitrogen and oxygen atoms in total. The molecule has 0 aromatic carbocycles. The first kappa shape index (κ1) is 21.2. The van der Waals surface area contributed by atoms with E-state index in [0.29, 0.717) is 11.1 Å². The van der Waals surface area contributed by atoms with Gasteiger partial charge in [0.05, 0.1) is 30.3 Å². The highest BCUT2D eigenvalue weighted by Crippen LogP contribution is 2.54. The van der Waals surface area contributed by atoms with E-state index in [1.165, 1.54) is 13.2 Å². The molecule has 30 heavy (non-hydrogen) atoms. The summed E-state index contributed by atoms with van der Waals surface area (Å²) in [7, 11) is 0. The number of esters is 2. The standard InChI is InChI=1S/C19H24O11/c1-7(21)26-5-8-3-19(2)12-9(16(25)30-19)6-27-17(11(8)12)29-18-15(24)14(23)13(22)10(4-20)28-18/h3,6,10-15,17-18,20,22-24H,4-5H2,1-2H3/t10-,11-,12?,13-,14-,15-,17+,18+,19+/m1/s1. The Labute approximate surface area is 171 Å². The smallest absolute Gasteiger partial charge is 0.338 e. The van der Waals surface area contributed by atoms with Gasteiger partial charge in [-0.2, -0.15) is 0 Å². The monoisotopic (exact) mass is 428 g/mol. The summed E-state index contributed by atoms with van der Waals surface area (Å²) < 4.78 is 27.4. The van der Waals surface area contributed by atoms with Crippen molar-refractivity contribution in [2.24, 2.45) is 11.8 Å². The maximum atomic E-state index is 12.2. The molecule has 0 radical (unpaired) electrons. The van der Waals surface area contributed by atoms with Gasteiger partial charge in [-0.05, 0) is 18.6 Å². The molecule has 166 valence electrons. The maximum absolute atomic E-state index is 12.2. The highest BCUT2D eigenvalue weighted by atomic mass is 16.8. The lowest BCUT2D eigenvalue weighted by Gasteiger charge is -2.42. The zero-order valence-electron chi connectivity index (χ0n) is 16.3. The fraction of sp³-hybridized carbons (Fsp3) is 0.684. The summed E-state index contributed by atoms with van der Waals surface area (Å²) in [6, 6.07) is 0. The van der Waals surface area contributed by atoms with Gasteiger partial charge in [-0.15, -0.1) is 0 Å². The zero-order chi connectivity index (χ0) is 21.8. The summed E-state index contributed by atoms with van der Waals surface area (Å²) in [4.78, 5) is 23.5. The minimum Gasteiger partial charge on any atom is -0.471 e. The number of carbonyl (C=O) groups is 2. The number of aliphatic hydroxyl groups excluding tert-OH is 4. The SMILES string of the molecule is CC(=O)OCC1=C[C@]2(C)OC(=O)C3=CO[C@@H](O[C@@H]4O[C@H](CO)[C@@H](O)[C@@H](O)[C@H]4O)[C@H]1C32. The molecule has 3 heterocycles. The normalized spacial score (nSPS) is 44.5. The Balaban J connectivity index is 1.60. The van der Waals surface area contributed by atoms with Gasteiger partial charge in [-0.1, -0.05) is 0 Å². The summed E-state index contributed by atoms with van der Waals surface area (Å²) in [5.74, 6) is -2.09. The van der Waals surface area contributed by atoms with E-state index >= 15 is 0 Å². The molecule has 11 heteroatoms. The number of ether oxygens (including phenoxy) is 5. The third-order valence-electron chi connectivity index (χ3n) is 5.94. The molecule has 4 rings (SSSR count). The van der Waals surface area contributed by atoms with Crippen molar-refractivity contribution in [1.82, 2.24) is 0 Å². The topological polar surface area (TPSA) is 161 Å². The van der Waals surface area contributed by atoms with Crippen molar-refractivity contribution in [1.29, 1.82) is 0 Å². The minimum absolute atomic E-state index is 0.0746. The van der Waals surface area contributed by atoms with Crippen LogP contribution in [0.5, 0.6) is 0 Å². The van der Waals surface area contributed by atoms with Crippen LogP contribution in [0.2, 0.25) is 0 Å². The van der Waals surface area contributed by atoms with Crippen molar-refractivity contribution in [2.45, 2.75) is 56.4 Å². The summed E-state index contributed by atoms with van der Waals surface area (Å²) in [5, 5.41) is 39.6. The Morgan fingerprint density at radius 2 is 1.93 bits per heavy atom. The van der Waals surface area contributed by atoms with Crippen LogP contribution < -0.4 is 0 Å². The molecule has 9 atom stereocenters. The van der Waals surface area contributed by atoms with Crippen molar-refractivity contribution in [2.75, 3.05) is 13.2 Å². The average Bonchev–Trinajstić information content (AvgIpc) is 3.13. The molecular weight excluding hydrogens is 404 g/mol. The van der Waals surface area contributed by atoms with Crippen LogP contribution in [0.15, 0.2) is 23.5 Å². The van der Waals surface area contributed by atoms with E-state index in [-0.39, 0.29) is 6.61 Å². The first-order valence-corrected chi connectivity index (χ1v) is 9.56. The fourth-order valence-corrected chi connectivity index (χ4v) is 4.54. The number of rotatable bonds is 5. The lowest BCUT2D eigenvalue weighted by molar-refractivity contribution is -0.340. The Kier molecular flexibility index (Phi) is 5.37. The van der Waals surface area contributed by atoms with E-state index in [2.05, 4.69) is 0 Å². The molecule has 2 fully saturated rings. The van der Waals surface area contributed by atoms with Gasteiger partial charge in [-0.25, -0.2) is 4.79 Å². The quantitative estimate of drug-likeness (QED) is 0.286. The van der Waals surface area contributed by atoms with Crippen LogP contribution >= 0.6 is 0 Å². The summed E-state index contributed by atoms with van der Waals surface area (Å²) in [5.41, 5.74) is -0.0697. The Morgan fingerprint density at radius 3 is 2.60 bits per heavy atom. The minimum atomic E-state index is -1.62. The largest absolute Gasteiger partial charge is 0.471 e. The molecule has 0 saturated carbocycles. The number of aliphatic hydroxyl groups is 4. The molecule has 4 aliphatic rings. The Morgan fingerprint density at radius 1 is 1.20 bits per heavy atom. The van der Waals surface area contributed by atoms with Crippen LogP contribution in [0.1, 0.15) is 13.8 Å². The summed E-state index contributed by atoms with van der Waals surface area (Å²) >= 11 is 0. The predicted octanol–water partition coefficient (Wildman–Crippen LogP) is -1.91. The first-order chi connectivity index (χ1) is 14.2. The summed E-state index contributed by atoms with van der Waals surface area (Å²) in [6.45, 7) is 2.31. The summed E-state index contributed by atoms with van der Waals surface area (Å²) in [6.07, 6.45) is -5.50. The van der Waals surface area contributed by atoms with E-state index in [1.54, 1.807) is 13.0 Å². The van der Waals surface area contributed by atoms with Crippen LogP contribution in [0.25, 0.3) is 0 Å². The predicted molar refractivity (Wildman–Crippen MR) is 94.0 cm³/mol. The van der Waals surface area contributed by atoms with Gasteiger partial charge >= 0.3 is 11.9 Å². The van der Waals surface area contributed by atoms with E-state index in [1.807, 2.05) is 0 Å². The average molecular weight is 428 g/mol. The third kappa shape index (κ3) is 3.31. The van der Waals surface area contributed by atoms with Crippen molar-refractivity contribution in [3.8, 4) is 0 Å². The lowest BCUT2D eigenvalue weighted by atomic mass is 9.79. The number of carbonyl (C=O) groups excluding carboxylic acids is 2. The second-order valence-corrected chi connectivity index (χ2v) is 7.99. The zero-order valence-corrected chi connectivity index (χ0v) is 16.3. The first-order valence-electron chi connectivity index (χ1n) is 9.56. The van der Waals surface area contributed by atoms with Gasteiger partial charge < -0.3 is 44.1 Å². The molecule has 4 N–H and O–H groups in total. The van der Waals surface area contributed by atoms with E-state index < -0.39 is 73.0 Å². The van der Waals surface area contributed by atoms with Gasteiger partial charge in [0.15, 0.2) is 6.29 Å². The molecule has 0 bridgehead atoms. The molecular formula is C19H24O11. The molecule has 0 aromatic rings. The van der Waals surface area contributed by atoms with E-state index in [0.717, 1.165) is 0 Å². The maximum Gasteiger partial charge on any atom is 0.338 e. The van der Waals surface area contributed by atoms with Gasteiger partial charge in [-0.3, -0.25) is 4.79 Å². The van der Waals surface area contributed by atoms with Gasteiger partial charge in [0.2, 0.25) is 6.29 Å². The fourth-order valence-electron chi connectivity index (χ4n) is 4.54. The molecule has 0 amide bonds. The Bertz CT molecular complexity index is 789. The van der Waals surface area contributed by atoms with Crippen molar-refractivity contribution >= 4 is 11.9 Å². The highest BCUT2D eigenvalue weighted by Gasteiger charge is 2.62. The molecule has 1 unspecified atom stereocenters. The van der Waals surface area contributed by atoms with E-state index in [9.17, 15) is 30.0 Å². The van der Waals surface area contributed by atoms with Crippen molar-refractivity contribution < 1.29 is 53.7 Å². The van der Waals surface area contributed by atoms with Crippen LogP contribution in [0.4, 0.5) is 0 Å². The Hall–Kier alpha value is -2.02. The van der Waals surface area contributed by atoms with Crippen LogP contribution in [0, 0.1) is 11.8 Å². The molecule has 0 spiro atoms. The molecule has 1 aliphatic carbocycles. The second kappa shape index (κ2) is 7.59. The lowest BCUT2D eigenvalue weighted by Crippen LogP contribution is -2.60. The van der Waals surface area contributed by atoms with Crippen LogP contribution in [0.3, 0.4) is 0 Å². The third-order valence-corrected chi connectivity index (χ3v) is 5.94.